The minimum Gasteiger partial charge on any atom is -0.339 e. The summed E-state index contributed by atoms with van der Waals surface area (Å²) in [6.45, 7) is 3.69. The molecule has 0 saturated carbocycles. The maximum Gasteiger partial charge on any atom is 0.236 e. The maximum atomic E-state index is 12.4. The zero-order valence-electron chi connectivity index (χ0n) is 12.5. The van der Waals surface area contributed by atoms with E-state index in [-0.39, 0.29) is 24.4 Å². The summed E-state index contributed by atoms with van der Waals surface area (Å²) < 4.78 is 0. The minimum atomic E-state index is -0.0807. The molecule has 0 radical (unpaired) electrons. The van der Waals surface area contributed by atoms with Gasteiger partial charge in [-0.3, -0.25) is 9.59 Å². The highest BCUT2D eigenvalue weighted by Crippen LogP contribution is 2.17. The van der Waals surface area contributed by atoms with E-state index in [9.17, 15) is 9.59 Å². The van der Waals surface area contributed by atoms with Gasteiger partial charge in [0.05, 0.1) is 6.54 Å². The second-order valence-corrected chi connectivity index (χ2v) is 5.36. The first-order chi connectivity index (χ1) is 10.2. The standard InChI is InChI=1S/C16H23N3O2/c1-2-14-12-18(16(21)10-17)9-8-15(20)19(14)11-13-6-4-3-5-7-13/h3-7,14H,2,8-12,17H2,1H3/t14-/m1/s1. The molecule has 0 aromatic heterocycles. The van der Waals surface area contributed by atoms with Crippen molar-refractivity contribution in [3.63, 3.8) is 0 Å². The molecule has 1 atom stereocenters. The largest absolute Gasteiger partial charge is 0.339 e. The van der Waals surface area contributed by atoms with Crippen LogP contribution in [0.3, 0.4) is 0 Å². The van der Waals surface area contributed by atoms with Gasteiger partial charge in [-0.1, -0.05) is 37.3 Å². The summed E-state index contributed by atoms with van der Waals surface area (Å²) in [5, 5.41) is 0. The van der Waals surface area contributed by atoms with Crippen LogP contribution in [0.25, 0.3) is 0 Å². The molecule has 1 aliphatic heterocycles. The van der Waals surface area contributed by atoms with Gasteiger partial charge in [-0.15, -0.1) is 0 Å². The van der Waals surface area contributed by atoms with Gasteiger partial charge in [0, 0.05) is 32.1 Å². The maximum absolute atomic E-state index is 12.4. The number of amides is 2. The van der Waals surface area contributed by atoms with Crippen molar-refractivity contribution >= 4 is 11.8 Å². The van der Waals surface area contributed by atoms with Crippen LogP contribution in [0.15, 0.2) is 30.3 Å². The zero-order valence-corrected chi connectivity index (χ0v) is 12.5. The molecule has 114 valence electrons. The van der Waals surface area contributed by atoms with Gasteiger partial charge in [0.2, 0.25) is 11.8 Å². The van der Waals surface area contributed by atoms with Gasteiger partial charge in [-0.2, -0.15) is 0 Å². The third kappa shape index (κ3) is 3.82. The molecule has 5 heteroatoms. The van der Waals surface area contributed by atoms with Gasteiger partial charge in [-0.05, 0) is 12.0 Å². The Morgan fingerprint density at radius 3 is 2.67 bits per heavy atom. The van der Waals surface area contributed by atoms with Crippen molar-refractivity contribution in [2.24, 2.45) is 5.73 Å². The minimum absolute atomic E-state index is 0.00328. The normalized spacial score (nSPS) is 19.5. The fourth-order valence-corrected chi connectivity index (χ4v) is 2.72. The molecule has 21 heavy (non-hydrogen) atoms. The average Bonchev–Trinajstić information content (AvgIpc) is 2.68. The van der Waals surface area contributed by atoms with Crippen molar-refractivity contribution in [3.8, 4) is 0 Å². The molecule has 0 aliphatic carbocycles. The Labute approximate surface area is 125 Å². The Bertz CT molecular complexity index is 490. The van der Waals surface area contributed by atoms with Crippen molar-refractivity contribution in [1.29, 1.82) is 0 Å². The van der Waals surface area contributed by atoms with Crippen LogP contribution in [-0.2, 0) is 16.1 Å². The van der Waals surface area contributed by atoms with E-state index in [0.29, 0.717) is 26.1 Å². The first kappa shape index (κ1) is 15.5. The van der Waals surface area contributed by atoms with Gasteiger partial charge in [0.15, 0.2) is 0 Å². The van der Waals surface area contributed by atoms with Crippen molar-refractivity contribution in [2.75, 3.05) is 19.6 Å². The molecular weight excluding hydrogens is 266 g/mol. The second-order valence-electron chi connectivity index (χ2n) is 5.36. The van der Waals surface area contributed by atoms with Gasteiger partial charge in [-0.25, -0.2) is 0 Å². The Hall–Kier alpha value is -1.88. The van der Waals surface area contributed by atoms with Crippen molar-refractivity contribution in [1.82, 2.24) is 9.80 Å². The molecule has 0 unspecified atom stereocenters. The third-order valence-corrected chi connectivity index (χ3v) is 3.98. The van der Waals surface area contributed by atoms with E-state index >= 15 is 0 Å². The lowest BCUT2D eigenvalue weighted by atomic mass is 10.1. The molecule has 1 aromatic carbocycles. The van der Waals surface area contributed by atoms with E-state index in [1.54, 1.807) is 4.90 Å². The number of benzene rings is 1. The van der Waals surface area contributed by atoms with Gasteiger partial charge < -0.3 is 15.5 Å². The molecule has 0 bridgehead atoms. The summed E-state index contributed by atoms with van der Waals surface area (Å²) in [5.41, 5.74) is 6.56. The molecule has 2 N–H and O–H groups in total. The molecule has 1 aliphatic rings. The quantitative estimate of drug-likeness (QED) is 0.898. The first-order valence-electron chi connectivity index (χ1n) is 7.47. The van der Waals surface area contributed by atoms with Gasteiger partial charge >= 0.3 is 0 Å². The predicted octanol–water partition coefficient (Wildman–Crippen LogP) is 0.985. The number of carbonyl (C=O) groups excluding carboxylic acids is 2. The van der Waals surface area contributed by atoms with Crippen LogP contribution in [-0.4, -0.2) is 47.3 Å². The van der Waals surface area contributed by atoms with Crippen LogP contribution in [0.5, 0.6) is 0 Å². The number of hydrogen-bond acceptors (Lipinski definition) is 3. The van der Waals surface area contributed by atoms with E-state index in [4.69, 9.17) is 5.73 Å². The van der Waals surface area contributed by atoms with Crippen LogP contribution in [0.2, 0.25) is 0 Å². The Balaban J connectivity index is 2.15. The smallest absolute Gasteiger partial charge is 0.236 e. The Kier molecular flexibility index (Phi) is 5.33. The summed E-state index contributed by atoms with van der Waals surface area (Å²) in [4.78, 5) is 27.8. The highest BCUT2D eigenvalue weighted by Gasteiger charge is 2.30. The number of rotatable bonds is 4. The number of nitrogens with two attached hydrogens (primary N) is 1. The second kappa shape index (κ2) is 7.22. The van der Waals surface area contributed by atoms with Crippen molar-refractivity contribution < 1.29 is 9.59 Å². The summed E-state index contributed by atoms with van der Waals surface area (Å²) >= 11 is 0. The molecule has 1 aromatic rings. The number of carbonyl (C=O) groups is 2. The Morgan fingerprint density at radius 1 is 1.33 bits per heavy atom. The molecule has 5 nitrogen and oxygen atoms in total. The van der Waals surface area contributed by atoms with Crippen LogP contribution in [0.4, 0.5) is 0 Å². The average molecular weight is 289 g/mol. The van der Waals surface area contributed by atoms with Crippen LogP contribution < -0.4 is 5.73 Å². The molecule has 1 fully saturated rings. The summed E-state index contributed by atoms with van der Waals surface area (Å²) in [7, 11) is 0. The van der Waals surface area contributed by atoms with E-state index in [2.05, 4.69) is 0 Å². The lowest BCUT2D eigenvalue weighted by Crippen LogP contribution is -2.45. The fraction of sp³-hybridized carbons (Fsp3) is 0.500. The van der Waals surface area contributed by atoms with Gasteiger partial charge in [0.25, 0.3) is 0 Å². The van der Waals surface area contributed by atoms with E-state index in [1.165, 1.54) is 0 Å². The highest BCUT2D eigenvalue weighted by atomic mass is 16.2. The summed E-state index contributed by atoms with van der Waals surface area (Å²) in [5.74, 6) is 0.0286. The number of nitrogens with zero attached hydrogens (tertiary/aromatic N) is 2. The van der Waals surface area contributed by atoms with Gasteiger partial charge in [0.1, 0.15) is 0 Å². The van der Waals surface area contributed by atoms with E-state index in [0.717, 1.165) is 12.0 Å². The first-order valence-corrected chi connectivity index (χ1v) is 7.47. The molecule has 1 saturated heterocycles. The monoisotopic (exact) mass is 289 g/mol. The van der Waals surface area contributed by atoms with E-state index in [1.807, 2.05) is 42.2 Å². The van der Waals surface area contributed by atoms with Crippen LogP contribution in [0.1, 0.15) is 25.3 Å². The molecule has 2 rings (SSSR count). The highest BCUT2D eigenvalue weighted by molar-refractivity contribution is 5.81. The fourth-order valence-electron chi connectivity index (χ4n) is 2.72. The lowest BCUT2D eigenvalue weighted by molar-refractivity contribution is -0.133. The van der Waals surface area contributed by atoms with Crippen LogP contribution >= 0.6 is 0 Å². The summed E-state index contributed by atoms with van der Waals surface area (Å²) in [6, 6.07) is 10.0. The topological polar surface area (TPSA) is 66.6 Å². The van der Waals surface area contributed by atoms with Crippen LogP contribution in [0, 0.1) is 0 Å². The van der Waals surface area contributed by atoms with Crippen molar-refractivity contribution in [3.05, 3.63) is 35.9 Å². The molecule has 2 amide bonds. The van der Waals surface area contributed by atoms with Crippen molar-refractivity contribution in [2.45, 2.75) is 32.4 Å². The summed E-state index contributed by atoms with van der Waals surface area (Å²) in [6.07, 6.45) is 1.20. The molecule has 1 heterocycles. The third-order valence-electron chi connectivity index (χ3n) is 3.98. The number of hydrogen-bond donors (Lipinski definition) is 1. The predicted molar refractivity (Wildman–Crippen MR) is 81.3 cm³/mol. The SMILES string of the molecule is CC[C@@H]1CN(C(=O)CN)CCC(=O)N1Cc1ccccc1. The van der Waals surface area contributed by atoms with E-state index < -0.39 is 0 Å². The lowest BCUT2D eigenvalue weighted by Gasteiger charge is -2.31. The Morgan fingerprint density at radius 2 is 2.05 bits per heavy atom. The molecular formula is C16H23N3O2. The zero-order chi connectivity index (χ0) is 15.2. The molecule has 0 spiro atoms.